The molecule has 3 aliphatic rings. The molecule has 7 heteroatoms. The number of ether oxygens (including phenoxy) is 2. The molecule has 6 nitrogen and oxygen atoms in total. The Balaban J connectivity index is 1.47. The number of benzene rings is 2. The maximum Gasteiger partial charge on any atom is 0.231 e. The molecule has 150 valence electrons. The number of aryl methyl sites for hydroxylation is 1. The molecule has 0 bridgehead atoms. The fourth-order valence-electron chi connectivity index (χ4n) is 4.16. The van der Waals surface area contributed by atoms with Crippen LogP contribution in [0.3, 0.4) is 0 Å². The Bertz CT molecular complexity index is 1150. The lowest BCUT2D eigenvalue weighted by atomic mass is 10.0. The summed E-state index contributed by atoms with van der Waals surface area (Å²) in [7, 11) is -2.98. The van der Waals surface area contributed by atoms with Crippen molar-refractivity contribution < 1.29 is 22.7 Å². The van der Waals surface area contributed by atoms with Gasteiger partial charge in [0.1, 0.15) is 18.2 Å². The summed E-state index contributed by atoms with van der Waals surface area (Å²) in [5.41, 5.74) is 3.32. The van der Waals surface area contributed by atoms with E-state index in [0.29, 0.717) is 42.5 Å². The molecule has 0 unspecified atom stereocenters. The van der Waals surface area contributed by atoms with Crippen LogP contribution >= 0.6 is 0 Å². The SMILES string of the molecule is Cc1ccccc1C=C1Oc2c(ccc3c2CN([C@@H]2CCS(=O)(=O)C2)CO3)C1=O. The lowest BCUT2D eigenvalue weighted by Crippen LogP contribution is -2.41. The normalized spacial score (nSPS) is 24.1. The van der Waals surface area contributed by atoms with Crippen molar-refractivity contribution in [1.82, 2.24) is 4.90 Å². The number of hydrogen-bond acceptors (Lipinski definition) is 6. The second-order valence-corrected chi connectivity index (χ2v) is 10.0. The van der Waals surface area contributed by atoms with Gasteiger partial charge in [-0.05, 0) is 42.7 Å². The monoisotopic (exact) mass is 411 g/mol. The van der Waals surface area contributed by atoms with Crippen molar-refractivity contribution in [1.29, 1.82) is 0 Å². The fourth-order valence-corrected chi connectivity index (χ4v) is 5.92. The quantitative estimate of drug-likeness (QED) is 0.708. The van der Waals surface area contributed by atoms with Crippen molar-refractivity contribution in [2.75, 3.05) is 18.2 Å². The van der Waals surface area contributed by atoms with Crippen molar-refractivity contribution in [3.8, 4) is 11.5 Å². The van der Waals surface area contributed by atoms with Crippen LogP contribution in [0.2, 0.25) is 0 Å². The van der Waals surface area contributed by atoms with Crippen molar-refractivity contribution >= 4 is 21.7 Å². The molecular weight excluding hydrogens is 390 g/mol. The summed E-state index contributed by atoms with van der Waals surface area (Å²) >= 11 is 0. The zero-order valence-electron chi connectivity index (χ0n) is 16.1. The second kappa shape index (κ2) is 6.71. The summed E-state index contributed by atoms with van der Waals surface area (Å²) in [6.07, 6.45) is 2.38. The summed E-state index contributed by atoms with van der Waals surface area (Å²) in [5.74, 6) is 1.73. The summed E-state index contributed by atoms with van der Waals surface area (Å²) in [5, 5.41) is 0. The van der Waals surface area contributed by atoms with E-state index >= 15 is 0 Å². The highest BCUT2D eigenvalue weighted by molar-refractivity contribution is 7.91. The van der Waals surface area contributed by atoms with Crippen LogP contribution in [0.4, 0.5) is 0 Å². The van der Waals surface area contributed by atoms with Crippen LogP contribution in [0.15, 0.2) is 42.2 Å². The standard InChI is InChI=1S/C22H21NO5S/c1-14-4-2-3-5-15(14)10-20-21(24)17-6-7-19-18(22(17)28-20)11-23(13-27-19)16-8-9-29(25,26)12-16/h2-7,10,16H,8-9,11-13H2,1H3/t16-/m1/s1. The predicted octanol–water partition coefficient (Wildman–Crippen LogP) is 2.95. The van der Waals surface area contributed by atoms with E-state index in [4.69, 9.17) is 9.47 Å². The van der Waals surface area contributed by atoms with Gasteiger partial charge in [-0.2, -0.15) is 0 Å². The molecule has 0 N–H and O–H groups in total. The number of carbonyl (C=O) groups excluding carboxylic acids is 1. The smallest absolute Gasteiger partial charge is 0.231 e. The van der Waals surface area contributed by atoms with Gasteiger partial charge in [-0.15, -0.1) is 0 Å². The Kier molecular flexibility index (Phi) is 4.26. The number of fused-ring (bicyclic) bond motifs is 3. The largest absolute Gasteiger partial charge is 0.478 e. The van der Waals surface area contributed by atoms with E-state index in [1.54, 1.807) is 18.2 Å². The molecule has 0 aliphatic carbocycles. The molecule has 1 atom stereocenters. The van der Waals surface area contributed by atoms with E-state index in [1.807, 2.05) is 36.1 Å². The van der Waals surface area contributed by atoms with Crippen LogP contribution in [-0.4, -0.2) is 43.4 Å². The lowest BCUT2D eigenvalue weighted by molar-refractivity contribution is 0.0634. The highest BCUT2D eigenvalue weighted by atomic mass is 32.2. The average molecular weight is 411 g/mol. The van der Waals surface area contributed by atoms with Gasteiger partial charge in [0.15, 0.2) is 15.6 Å². The first-order valence-electron chi connectivity index (χ1n) is 9.64. The first-order valence-corrected chi connectivity index (χ1v) is 11.5. The second-order valence-electron chi connectivity index (χ2n) is 7.79. The zero-order chi connectivity index (χ0) is 20.2. The van der Waals surface area contributed by atoms with Gasteiger partial charge in [-0.1, -0.05) is 24.3 Å². The Labute approximate surface area is 169 Å². The maximum absolute atomic E-state index is 12.9. The molecule has 2 aromatic carbocycles. The van der Waals surface area contributed by atoms with Gasteiger partial charge in [-0.25, -0.2) is 8.42 Å². The third kappa shape index (κ3) is 3.24. The van der Waals surface area contributed by atoms with Crippen LogP contribution in [0.5, 0.6) is 11.5 Å². The van der Waals surface area contributed by atoms with E-state index in [9.17, 15) is 13.2 Å². The number of ketones is 1. The highest BCUT2D eigenvalue weighted by Crippen LogP contribution is 2.42. The molecule has 3 heterocycles. The first kappa shape index (κ1) is 18.4. The molecule has 29 heavy (non-hydrogen) atoms. The van der Waals surface area contributed by atoms with Gasteiger partial charge in [0.2, 0.25) is 5.78 Å². The summed E-state index contributed by atoms with van der Waals surface area (Å²) in [6.45, 7) is 2.83. The Morgan fingerprint density at radius 2 is 2.00 bits per heavy atom. The van der Waals surface area contributed by atoms with Crippen LogP contribution in [0, 0.1) is 6.92 Å². The minimum atomic E-state index is -2.98. The van der Waals surface area contributed by atoms with Crippen LogP contribution < -0.4 is 9.47 Å². The summed E-state index contributed by atoms with van der Waals surface area (Å²) in [6, 6.07) is 11.3. The van der Waals surface area contributed by atoms with E-state index in [2.05, 4.69) is 0 Å². The van der Waals surface area contributed by atoms with E-state index in [0.717, 1.165) is 16.7 Å². The van der Waals surface area contributed by atoms with Crippen LogP contribution in [0.1, 0.15) is 33.5 Å². The summed E-state index contributed by atoms with van der Waals surface area (Å²) < 4.78 is 35.6. The van der Waals surface area contributed by atoms with Gasteiger partial charge >= 0.3 is 0 Å². The number of hydrogen-bond donors (Lipinski definition) is 0. The van der Waals surface area contributed by atoms with E-state index in [-0.39, 0.29) is 23.3 Å². The highest BCUT2D eigenvalue weighted by Gasteiger charge is 2.38. The maximum atomic E-state index is 12.9. The van der Waals surface area contributed by atoms with Gasteiger partial charge in [0, 0.05) is 12.6 Å². The van der Waals surface area contributed by atoms with Crippen molar-refractivity contribution in [3.63, 3.8) is 0 Å². The minimum Gasteiger partial charge on any atom is -0.478 e. The van der Waals surface area contributed by atoms with Crippen molar-refractivity contribution in [3.05, 3.63) is 64.4 Å². The minimum absolute atomic E-state index is 0.0666. The van der Waals surface area contributed by atoms with Crippen LogP contribution in [-0.2, 0) is 16.4 Å². The molecule has 1 saturated heterocycles. The molecule has 0 aromatic heterocycles. The molecule has 2 aromatic rings. The summed E-state index contributed by atoms with van der Waals surface area (Å²) in [4.78, 5) is 14.9. The first-order chi connectivity index (χ1) is 13.9. The van der Waals surface area contributed by atoms with Gasteiger partial charge in [-0.3, -0.25) is 9.69 Å². The number of carbonyl (C=O) groups is 1. The number of Topliss-reactive ketones (excluding diaryl/α,β-unsaturated/α-hetero) is 1. The molecule has 5 rings (SSSR count). The number of allylic oxidation sites excluding steroid dienone is 1. The van der Waals surface area contributed by atoms with Gasteiger partial charge in [0.25, 0.3) is 0 Å². The Morgan fingerprint density at radius 3 is 2.76 bits per heavy atom. The van der Waals surface area contributed by atoms with Crippen LogP contribution in [0.25, 0.3) is 6.08 Å². The number of sulfone groups is 1. The molecule has 0 spiro atoms. The molecule has 0 radical (unpaired) electrons. The van der Waals surface area contributed by atoms with Gasteiger partial charge in [0.05, 0.1) is 22.6 Å². The Morgan fingerprint density at radius 1 is 1.17 bits per heavy atom. The molecule has 3 aliphatic heterocycles. The average Bonchev–Trinajstić information content (AvgIpc) is 3.23. The van der Waals surface area contributed by atoms with E-state index < -0.39 is 9.84 Å². The topological polar surface area (TPSA) is 72.9 Å². The third-order valence-electron chi connectivity index (χ3n) is 5.84. The predicted molar refractivity (Wildman–Crippen MR) is 109 cm³/mol. The van der Waals surface area contributed by atoms with E-state index in [1.165, 1.54) is 0 Å². The lowest BCUT2D eigenvalue weighted by Gasteiger charge is -2.33. The molecule has 1 fully saturated rings. The third-order valence-corrected chi connectivity index (χ3v) is 7.60. The number of nitrogens with zero attached hydrogens (tertiary/aromatic N) is 1. The van der Waals surface area contributed by atoms with Crippen molar-refractivity contribution in [2.45, 2.75) is 25.9 Å². The zero-order valence-corrected chi connectivity index (χ0v) is 16.9. The Hall–Kier alpha value is -2.64. The molecular formula is C22H21NO5S. The molecule has 0 saturated carbocycles. The molecule has 0 amide bonds. The number of rotatable bonds is 2. The van der Waals surface area contributed by atoms with Gasteiger partial charge < -0.3 is 9.47 Å². The van der Waals surface area contributed by atoms with Crippen molar-refractivity contribution in [2.24, 2.45) is 0 Å². The fraction of sp³-hybridized carbons (Fsp3) is 0.318.